The molecule has 14 heavy (non-hydrogen) atoms. The van der Waals surface area contributed by atoms with Crippen LogP contribution in [0.3, 0.4) is 0 Å². The Hall–Kier alpha value is -1.12. The molecule has 0 aliphatic carbocycles. The molecule has 0 saturated carbocycles. The summed E-state index contributed by atoms with van der Waals surface area (Å²) in [5.74, 6) is 1.46. The number of hydrogen-bond donors (Lipinski definition) is 0. The first-order valence-electron chi connectivity index (χ1n) is 4.78. The molecule has 1 unspecified atom stereocenters. The van der Waals surface area contributed by atoms with Gasteiger partial charge in [-0.25, -0.2) is 4.98 Å². The van der Waals surface area contributed by atoms with Gasteiger partial charge < -0.3 is 4.42 Å². The third-order valence-electron chi connectivity index (χ3n) is 2.63. The summed E-state index contributed by atoms with van der Waals surface area (Å²) in [4.78, 5) is 14.8. The van der Waals surface area contributed by atoms with E-state index in [-0.39, 0.29) is 11.3 Å². The minimum atomic E-state index is 0.0947. The summed E-state index contributed by atoms with van der Waals surface area (Å²) in [6.45, 7) is 10.2. The number of carbonyl (C=O) groups is 1. The lowest BCUT2D eigenvalue weighted by Gasteiger charge is -2.24. The largest absolute Gasteiger partial charge is 0.445 e. The highest BCUT2D eigenvalue weighted by atomic mass is 16.4. The lowest BCUT2D eigenvalue weighted by molar-refractivity contribution is 0.111. The van der Waals surface area contributed by atoms with E-state index < -0.39 is 0 Å². The second-order valence-electron chi connectivity index (χ2n) is 4.70. The standard InChI is InChI=1S/C11H17NO2/c1-7(11(3,4)5)10-12-9(6-13)8(2)14-10/h6-7H,1-5H3. The smallest absolute Gasteiger partial charge is 0.198 e. The molecule has 1 aromatic rings. The molecule has 0 spiro atoms. The van der Waals surface area contributed by atoms with Crippen LogP contribution in [0.1, 0.15) is 55.8 Å². The van der Waals surface area contributed by atoms with Crippen LogP contribution in [0.5, 0.6) is 0 Å². The minimum Gasteiger partial charge on any atom is -0.445 e. The Labute approximate surface area is 84.5 Å². The van der Waals surface area contributed by atoms with Gasteiger partial charge in [0.1, 0.15) is 11.5 Å². The fourth-order valence-electron chi connectivity index (χ4n) is 1.09. The molecule has 1 atom stereocenters. The normalized spacial score (nSPS) is 14.1. The SMILES string of the molecule is Cc1oc(C(C)C(C)(C)C)nc1C=O. The zero-order valence-electron chi connectivity index (χ0n) is 9.42. The molecule has 3 nitrogen and oxygen atoms in total. The first-order valence-corrected chi connectivity index (χ1v) is 4.78. The molecule has 3 heteroatoms. The molecule has 0 aromatic carbocycles. The summed E-state index contributed by atoms with van der Waals surface area (Å²) in [5, 5.41) is 0. The van der Waals surface area contributed by atoms with E-state index in [0.717, 1.165) is 6.29 Å². The van der Waals surface area contributed by atoms with E-state index >= 15 is 0 Å². The zero-order valence-corrected chi connectivity index (χ0v) is 9.42. The van der Waals surface area contributed by atoms with Crippen molar-refractivity contribution < 1.29 is 9.21 Å². The fraction of sp³-hybridized carbons (Fsp3) is 0.636. The van der Waals surface area contributed by atoms with Crippen molar-refractivity contribution in [3.05, 3.63) is 17.3 Å². The van der Waals surface area contributed by atoms with Crippen LogP contribution < -0.4 is 0 Å². The molecule has 0 radical (unpaired) electrons. The number of oxazole rings is 1. The molecule has 0 fully saturated rings. The molecule has 0 saturated heterocycles. The average Bonchev–Trinajstić information content (AvgIpc) is 2.43. The second-order valence-corrected chi connectivity index (χ2v) is 4.70. The van der Waals surface area contributed by atoms with Gasteiger partial charge in [0.2, 0.25) is 0 Å². The van der Waals surface area contributed by atoms with E-state index in [2.05, 4.69) is 32.7 Å². The fourth-order valence-corrected chi connectivity index (χ4v) is 1.09. The Bertz CT molecular complexity index is 334. The molecule has 0 aliphatic heterocycles. The Kier molecular flexibility index (Phi) is 2.79. The Morgan fingerprint density at radius 2 is 2.00 bits per heavy atom. The summed E-state index contributed by atoms with van der Waals surface area (Å²) in [6, 6.07) is 0. The summed E-state index contributed by atoms with van der Waals surface area (Å²) in [6.07, 6.45) is 0.734. The predicted molar refractivity (Wildman–Crippen MR) is 54.5 cm³/mol. The van der Waals surface area contributed by atoms with E-state index in [0.29, 0.717) is 17.3 Å². The number of carbonyl (C=O) groups excluding carboxylic acids is 1. The van der Waals surface area contributed by atoms with Crippen LogP contribution in [0.4, 0.5) is 0 Å². The van der Waals surface area contributed by atoms with E-state index in [9.17, 15) is 4.79 Å². The summed E-state index contributed by atoms with van der Waals surface area (Å²) >= 11 is 0. The maximum absolute atomic E-state index is 10.6. The van der Waals surface area contributed by atoms with E-state index in [4.69, 9.17) is 4.42 Å². The zero-order chi connectivity index (χ0) is 10.9. The van der Waals surface area contributed by atoms with Crippen molar-refractivity contribution >= 4 is 6.29 Å². The Balaban J connectivity index is 3.03. The van der Waals surface area contributed by atoms with Crippen molar-refractivity contribution in [1.82, 2.24) is 4.98 Å². The van der Waals surface area contributed by atoms with Crippen LogP contribution in [-0.4, -0.2) is 11.3 Å². The maximum Gasteiger partial charge on any atom is 0.198 e. The topological polar surface area (TPSA) is 43.1 Å². The van der Waals surface area contributed by atoms with Gasteiger partial charge in [-0.05, 0) is 12.3 Å². The molecule has 1 aromatic heterocycles. The van der Waals surface area contributed by atoms with Crippen LogP contribution >= 0.6 is 0 Å². The molecular formula is C11H17NO2. The summed E-state index contributed by atoms with van der Waals surface area (Å²) in [5.41, 5.74) is 0.508. The molecule has 1 heterocycles. The number of hydrogen-bond acceptors (Lipinski definition) is 3. The first-order chi connectivity index (χ1) is 6.36. The summed E-state index contributed by atoms with van der Waals surface area (Å²) in [7, 11) is 0. The van der Waals surface area contributed by atoms with Crippen LogP contribution in [-0.2, 0) is 0 Å². The lowest BCUT2D eigenvalue weighted by atomic mass is 9.82. The van der Waals surface area contributed by atoms with Gasteiger partial charge in [0.15, 0.2) is 12.2 Å². The van der Waals surface area contributed by atoms with Gasteiger partial charge in [-0.2, -0.15) is 0 Å². The Morgan fingerprint density at radius 3 is 2.36 bits per heavy atom. The first kappa shape index (κ1) is 11.0. The Morgan fingerprint density at radius 1 is 1.43 bits per heavy atom. The second kappa shape index (κ2) is 3.56. The van der Waals surface area contributed by atoms with Gasteiger partial charge in [-0.15, -0.1) is 0 Å². The van der Waals surface area contributed by atoms with Crippen molar-refractivity contribution in [3.63, 3.8) is 0 Å². The lowest BCUT2D eigenvalue weighted by Crippen LogP contribution is -2.15. The van der Waals surface area contributed by atoms with Gasteiger partial charge in [0.25, 0.3) is 0 Å². The van der Waals surface area contributed by atoms with Crippen LogP contribution in [0.25, 0.3) is 0 Å². The third kappa shape index (κ3) is 2.03. The van der Waals surface area contributed by atoms with E-state index in [1.165, 1.54) is 0 Å². The van der Waals surface area contributed by atoms with Crippen molar-refractivity contribution in [2.45, 2.75) is 40.5 Å². The highest BCUT2D eigenvalue weighted by molar-refractivity contribution is 5.72. The van der Waals surface area contributed by atoms with Crippen LogP contribution in [0, 0.1) is 12.3 Å². The van der Waals surface area contributed by atoms with Gasteiger partial charge in [0.05, 0.1) is 0 Å². The third-order valence-corrected chi connectivity index (χ3v) is 2.63. The van der Waals surface area contributed by atoms with Crippen molar-refractivity contribution in [2.24, 2.45) is 5.41 Å². The number of aryl methyl sites for hydroxylation is 1. The minimum absolute atomic E-state index is 0.0947. The van der Waals surface area contributed by atoms with Crippen LogP contribution in [0.2, 0.25) is 0 Å². The van der Waals surface area contributed by atoms with Crippen molar-refractivity contribution in [3.8, 4) is 0 Å². The molecule has 0 amide bonds. The molecule has 78 valence electrons. The molecular weight excluding hydrogens is 178 g/mol. The van der Waals surface area contributed by atoms with E-state index in [1.807, 2.05) is 0 Å². The monoisotopic (exact) mass is 195 g/mol. The highest BCUT2D eigenvalue weighted by Gasteiger charge is 2.26. The highest BCUT2D eigenvalue weighted by Crippen LogP contribution is 2.34. The van der Waals surface area contributed by atoms with Gasteiger partial charge in [-0.1, -0.05) is 27.7 Å². The molecule has 0 aliphatic rings. The van der Waals surface area contributed by atoms with Crippen LogP contribution in [0.15, 0.2) is 4.42 Å². The van der Waals surface area contributed by atoms with Gasteiger partial charge >= 0.3 is 0 Å². The number of aromatic nitrogens is 1. The summed E-state index contributed by atoms with van der Waals surface area (Å²) < 4.78 is 5.45. The van der Waals surface area contributed by atoms with Crippen molar-refractivity contribution in [2.75, 3.05) is 0 Å². The van der Waals surface area contributed by atoms with Gasteiger partial charge in [0, 0.05) is 5.92 Å². The molecule has 1 rings (SSSR count). The average molecular weight is 195 g/mol. The van der Waals surface area contributed by atoms with Gasteiger partial charge in [-0.3, -0.25) is 4.79 Å². The quantitative estimate of drug-likeness (QED) is 0.681. The predicted octanol–water partition coefficient (Wildman–Crippen LogP) is 2.95. The molecule has 0 bridgehead atoms. The maximum atomic E-state index is 10.6. The van der Waals surface area contributed by atoms with E-state index in [1.54, 1.807) is 6.92 Å². The van der Waals surface area contributed by atoms with Crippen molar-refractivity contribution in [1.29, 1.82) is 0 Å². The molecule has 0 N–H and O–H groups in total. The number of nitrogens with zero attached hydrogens (tertiary/aromatic N) is 1. The number of rotatable bonds is 2. The number of aldehydes is 1.